The molecule has 2 N–H and O–H groups in total. The minimum absolute atomic E-state index is 0.0989. The molecule has 114 valence electrons. The van der Waals surface area contributed by atoms with Gasteiger partial charge in [0.1, 0.15) is 0 Å². The molecule has 0 spiro atoms. The SMILES string of the molecule is CC(Cn1ccnc1)NS(=O)(=O)Cc1cccc(CO)c1. The number of nitrogens with zero attached hydrogens (tertiary/aromatic N) is 2. The van der Waals surface area contributed by atoms with Crippen LogP contribution in [0.1, 0.15) is 18.1 Å². The van der Waals surface area contributed by atoms with Gasteiger partial charge in [0, 0.05) is 25.0 Å². The molecule has 21 heavy (non-hydrogen) atoms. The average Bonchev–Trinajstić information content (AvgIpc) is 2.90. The lowest BCUT2D eigenvalue weighted by Gasteiger charge is -2.15. The van der Waals surface area contributed by atoms with Crippen LogP contribution in [0.25, 0.3) is 0 Å². The van der Waals surface area contributed by atoms with Crippen molar-refractivity contribution in [2.45, 2.75) is 31.9 Å². The van der Waals surface area contributed by atoms with Gasteiger partial charge in [0.2, 0.25) is 10.0 Å². The number of hydrogen-bond donors (Lipinski definition) is 2. The smallest absolute Gasteiger partial charge is 0.216 e. The number of imidazole rings is 1. The molecule has 1 unspecified atom stereocenters. The van der Waals surface area contributed by atoms with Crippen molar-refractivity contribution in [1.82, 2.24) is 14.3 Å². The van der Waals surface area contributed by atoms with E-state index in [0.29, 0.717) is 17.7 Å². The summed E-state index contributed by atoms with van der Waals surface area (Å²) in [6.45, 7) is 2.23. The first-order valence-electron chi connectivity index (χ1n) is 6.63. The molecule has 0 saturated heterocycles. The summed E-state index contributed by atoms with van der Waals surface area (Å²) in [5.41, 5.74) is 1.36. The third-order valence-electron chi connectivity index (χ3n) is 2.96. The van der Waals surface area contributed by atoms with Gasteiger partial charge in [-0.15, -0.1) is 0 Å². The summed E-state index contributed by atoms with van der Waals surface area (Å²) >= 11 is 0. The van der Waals surface area contributed by atoms with Crippen molar-refractivity contribution in [2.75, 3.05) is 0 Å². The van der Waals surface area contributed by atoms with Crippen LogP contribution in [0.5, 0.6) is 0 Å². The summed E-state index contributed by atoms with van der Waals surface area (Å²) in [5.74, 6) is -0.102. The van der Waals surface area contributed by atoms with E-state index in [1.165, 1.54) is 0 Å². The Labute approximate surface area is 124 Å². The molecule has 1 heterocycles. The molecular formula is C14H19N3O3S. The highest BCUT2D eigenvalue weighted by Crippen LogP contribution is 2.09. The zero-order valence-corrected chi connectivity index (χ0v) is 12.6. The maximum atomic E-state index is 12.1. The standard InChI is InChI=1S/C14H19N3O3S/c1-12(8-17-6-5-15-11-17)16-21(19,20)10-14-4-2-3-13(7-14)9-18/h2-7,11-12,16,18H,8-10H2,1H3. The monoisotopic (exact) mass is 309 g/mol. The highest BCUT2D eigenvalue weighted by atomic mass is 32.2. The molecule has 7 heteroatoms. The molecule has 6 nitrogen and oxygen atoms in total. The predicted molar refractivity (Wildman–Crippen MR) is 79.8 cm³/mol. The Morgan fingerprint density at radius 1 is 1.38 bits per heavy atom. The number of benzene rings is 1. The number of sulfonamides is 1. The maximum absolute atomic E-state index is 12.1. The van der Waals surface area contributed by atoms with Gasteiger partial charge in [-0.1, -0.05) is 24.3 Å². The fourth-order valence-electron chi connectivity index (χ4n) is 2.13. The molecule has 0 aliphatic rings. The molecular weight excluding hydrogens is 290 g/mol. The van der Waals surface area contributed by atoms with E-state index < -0.39 is 10.0 Å². The van der Waals surface area contributed by atoms with Crippen LogP contribution >= 0.6 is 0 Å². The van der Waals surface area contributed by atoms with Crippen molar-refractivity contribution in [3.8, 4) is 0 Å². The molecule has 0 aliphatic carbocycles. The van der Waals surface area contributed by atoms with Crippen molar-refractivity contribution in [3.05, 3.63) is 54.1 Å². The minimum Gasteiger partial charge on any atom is -0.392 e. The van der Waals surface area contributed by atoms with Crippen LogP contribution in [-0.2, 0) is 28.9 Å². The Balaban J connectivity index is 1.97. The highest BCUT2D eigenvalue weighted by molar-refractivity contribution is 7.88. The van der Waals surface area contributed by atoms with Crippen LogP contribution in [0.3, 0.4) is 0 Å². The first kappa shape index (κ1) is 15.7. The van der Waals surface area contributed by atoms with Gasteiger partial charge < -0.3 is 9.67 Å². The summed E-state index contributed by atoms with van der Waals surface area (Å²) < 4.78 is 28.7. The average molecular weight is 309 g/mol. The van der Waals surface area contributed by atoms with Crippen LogP contribution in [0.4, 0.5) is 0 Å². The Kier molecular flexibility index (Phi) is 5.11. The van der Waals surface area contributed by atoms with Crippen LogP contribution in [0, 0.1) is 0 Å². The second-order valence-electron chi connectivity index (χ2n) is 5.02. The molecule has 0 bridgehead atoms. The lowest BCUT2D eigenvalue weighted by atomic mass is 10.1. The molecule has 0 radical (unpaired) electrons. The lowest BCUT2D eigenvalue weighted by Crippen LogP contribution is -2.36. The van der Waals surface area contributed by atoms with Crippen molar-refractivity contribution < 1.29 is 13.5 Å². The second kappa shape index (κ2) is 6.84. The van der Waals surface area contributed by atoms with Gasteiger partial charge in [-0.3, -0.25) is 0 Å². The predicted octanol–water partition coefficient (Wildman–Crippen LogP) is 0.883. The molecule has 1 atom stereocenters. The number of rotatable bonds is 7. The number of aliphatic hydroxyl groups excluding tert-OH is 1. The van der Waals surface area contributed by atoms with E-state index in [2.05, 4.69) is 9.71 Å². The van der Waals surface area contributed by atoms with Crippen LogP contribution in [-0.4, -0.2) is 29.1 Å². The fourth-order valence-corrected chi connectivity index (χ4v) is 3.52. The molecule has 2 aromatic rings. The van der Waals surface area contributed by atoms with E-state index in [4.69, 9.17) is 5.11 Å². The molecule has 1 aromatic carbocycles. The van der Waals surface area contributed by atoms with Gasteiger partial charge >= 0.3 is 0 Å². The molecule has 1 aromatic heterocycles. The van der Waals surface area contributed by atoms with E-state index >= 15 is 0 Å². The number of nitrogens with one attached hydrogen (secondary N) is 1. The zero-order valence-electron chi connectivity index (χ0n) is 11.8. The Morgan fingerprint density at radius 3 is 2.81 bits per heavy atom. The van der Waals surface area contributed by atoms with E-state index in [1.807, 2.05) is 11.5 Å². The third kappa shape index (κ3) is 4.96. The third-order valence-corrected chi connectivity index (χ3v) is 4.43. The first-order valence-corrected chi connectivity index (χ1v) is 8.28. The second-order valence-corrected chi connectivity index (χ2v) is 6.77. The maximum Gasteiger partial charge on any atom is 0.216 e. The molecule has 0 saturated carbocycles. The zero-order chi connectivity index (χ0) is 15.3. The number of aliphatic hydroxyl groups is 1. The van der Waals surface area contributed by atoms with Crippen LogP contribution in [0.2, 0.25) is 0 Å². The summed E-state index contributed by atoms with van der Waals surface area (Å²) in [5, 5.41) is 9.08. The quantitative estimate of drug-likeness (QED) is 0.795. The first-order chi connectivity index (χ1) is 9.98. The molecule has 0 fully saturated rings. The van der Waals surface area contributed by atoms with E-state index in [9.17, 15) is 8.42 Å². The Morgan fingerprint density at radius 2 is 2.14 bits per heavy atom. The normalized spacial score (nSPS) is 13.2. The van der Waals surface area contributed by atoms with E-state index in [1.54, 1.807) is 43.0 Å². The topological polar surface area (TPSA) is 84.2 Å². The summed E-state index contributed by atoms with van der Waals surface area (Å²) in [6, 6.07) is 6.69. The van der Waals surface area contributed by atoms with Crippen LogP contribution < -0.4 is 4.72 Å². The highest BCUT2D eigenvalue weighted by Gasteiger charge is 2.15. The molecule has 0 amide bonds. The van der Waals surface area contributed by atoms with Gasteiger partial charge in [-0.05, 0) is 18.1 Å². The van der Waals surface area contributed by atoms with Crippen molar-refractivity contribution in [2.24, 2.45) is 0 Å². The van der Waals surface area contributed by atoms with Gasteiger partial charge in [-0.25, -0.2) is 18.1 Å². The van der Waals surface area contributed by atoms with Crippen molar-refractivity contribution in [3.63, 3.8) is 0 Å². The summed E-state index contributed by atoms with van der Waals surface area (Å²) in [7, 11) is -3.43. The number of hydrogen-bond acceptors (Lipinski definition) is 4. The van der Waals surface area contributed by atoms with Gasteiger partial charge in [0.25, 0.3) is 0 Å². The Hall–Kier alpha value is -1.70. The Bertz CT molecular complexity index is 669. The van der Waals surface area contributed by atoms with Crippen molar-refractivity contribution >= 4 is 10.0 Å². The summed E-state index contributed by atoms with van der Waals surface area (Å²) in [6.07, 6.45) is 5.09. The van der Waals surface area contributed by atoms with E-state index in [-0.39, 0.29) is 18.4 Å². The van der Waals surface area contributed by atoms with Crippen LogP contribution in [0.15, 0.2) is 43.0 Å². The van der Waals surface area contributed by atoms with E-state index in [0.717, 1.165) is 0 Å². The molecule has 0 aliphatic heterocycles. The fraction of sp³-hybridized carbons (Fsp3) is 0.357. The van der Waals surface area contributed by atoms with Crippen molar-refractivity contribution in [1.29, 1.82) is 0 Å². The lowest BCUT2D eigenvalue weighted by molar-refractivity contribution is 0.282. The minimum atomic E-state index is -3.43. The summed E-state index contributed by atoms with van der Waals surface area (Å²) in [4.78, 5) is 3.92. The number of aromatic nitrogens is 2. The van der Waals surface area contributed by atoms with Gasteiger partial charge in [0.05, 0.1) is 18.7 Å². The molecule has 2 rings (SSSR count). The largest absolute Gasteiger partial charge is 0.392 e. The van der Waals surface area contributed by atoms with Gasteiger partial charge in [-0.2, -0.15) is 0 Å². The van der Waals surface area contributed by atoms with Gasteiger partial charge in [0.15, 0.2) is 0 Å².